The van der Waals surface area contributed by atoms with Gasteiger partial charge in [0.25, 0.3) is 5.91 Å². The first-order valence-electron chi connectivity index (χ1n) is 9.76. The van der Waals surface area contributed by atoms with E-state index in [-0.39, 0.29) is 17.1 Å². The highest BCUT2D eigenvalue weighted by atomic mass is 35.5. The maximum absolute atomic E-state index is 13.1. The van der Waals surface area contributed by atoms with Crippen LogP contribution in [0.1, 0.15) is 29.3 Å². The number of rotatable bonds is 7. The summed E-state index contributed by atoms with van der Waals surface area (Å²) in [5, 5.41) is 5.99. The van der Waals surface area contributed by atoms with E-state index < -0.39 is 5.82 Å². The molecule has 0 saturated heterocycles. The molecule has 0 heterocycles. The molecule has 2 N–H and O–H groups in total. The van der Waals surface area contributed by atoms with Crippen molar-refractivity contribution in [2.75, 3.05) is 10.6 Å². The van der Waals surface area contributed by atoms with Gasteiger partial charge in [0.1, 0.15) is 5.82 Å². The van der Waals surface area contributed by atoms with Crippen LogP contribution in [0.25, 0.3) is 0 Å². The van der Waals surface area contributed by atoms with E-state index in [2.05, 4.69) is 10.6 Å². The second kappa shape index (κ2) is 10.5. The first-order chi connectivity index (χ1) is 14.9. The fraction of sp³-hybridized carbons (Fsp3) is 0.167. The Balaban J connectivity index is 1.66. The van der Waals surface area contributed by atoms with Gasteiger partial charge in [-0.1, -0.05) is 30.7 Å². The topological polar surface area (TPSA) is 58.2 Å². The van der Waals surface area contributed by atoms with Crippen molar-refractivity contribution >= 4 is 46.6 Å². The molecule has 0 spiro atoms. The molecule has 3 aromatic carbocycles. The first-order valence-corrected chi connectivity index (χ1v) is 11.0. The van der Waals surface area contributed by atoms with E-state index in [9.17, 15) is 14.0 Å². The molecule has 0 aliphatic carbocycles. The largest absolute Gasteiger partial charge is 0.325 e. The maximum Gasteiger partial charge on any atom is 0.255 e. The van der Waals surface area contributed by atoms with Crippen molar-refractivity contribution < 1.29 is 14.0 Å². The van der Waals surface area contributed by atoms with Gasteiger partial charge in [-0.05, 0) is 73.5 Å². The molecule has 160 valence electrons. The lowest BCUT2D eigenvalue weighted by atomic mass is 10.2. The number of hydrogen-bond acceptors (Lipinski definition) is 3. The summed E-state index contributed by atoms with van der Waals surface area (Å²) in [6.45, 7) is 3.85. The van der Waals surface area contributed by atoms with Crippen molar-refractivity contribution in [1.29, 1.82) is 0 Å². The van der Waals surface area contributed by atoms with Crippen molar-refractivity contribution in [3.05, 3.63) is 88.7 Å². The molecule has 0 aliphatic rings. The minimum atomic E-state index is -0.397. The van der Waals surface area contributed by atoms with Crippen molar-refractivity contribution in [2.24, 2.45) is 0 Å². The van der Waals surface area contributed by atoms with Gasteiger partial charge in [-0.25, -0.2) is 4.39 Å². The van der Waals surface area contributed by atoms with Gasteiger partial charge in [0.05, 0.1) is 5.25 Å². The van der Waals surface area contributed by atoms with E-state index >= 15 is 0 Å². The summed E-state index contributed by atoms with van der Waals surface area (Å²) in [5.41, 5.74) is 2.56. The maximum atomic E-state index is 13.1. The standard InChI is InChI=1S/C24H22ClFN2O2S/c1-3-22(24(30)28-19-12-7-15(2)21(25)14-19)31-20-6-4-5-18(13-20)27-23(29)16-8-10-17(26)11-9-16/h4-14,22H,3H2,1-2H3,(H,27,29)(H,28,30). The van der Waals surface area contributed by atoms with E-state index in [1.165, 1.54) is 36.0 Å². The Labute approximate surface area is 190 Å². The van der Waals surface area contributed by atoms with Crippen molar-refractivity contribution in [2.45, 2.75) is 30.4 Å². The number of carbonyl (C=O) groups is 2. The van der Waals surface area contributed by atoms with Crippen LogP contribution < -0.4 is 10.6 Å². The summed E-state index contributed by atoms with van der Waals surface area (Å²) in [7, 11) is 0. The molecular weight excluding hydrogens is 435 g/mol. The number of halogens is 2. The van der Waals surface area contributed by atoms with Gasteiger partial charge in [-0.2, -0.15) is 0 Å². The summed E-state index contributed by atoms with van der Waals surface area (Å²) < 4.78 is 13.1. The van der Waals surface area contributed by atoms with Crippen LogP contribution >= 0.6 is 23.4 Å². The van der Waals surface area contributed by atoms with Crippen molar-refractivity contribution in [3.8, 4) is 0 Å². The van der Waals surface area contributed by atoms with Gasteiger partial charge in [-0.15, -0.1) is 11.8 Å². The summed E-state index contributed by atoms with van der Waals surface area (Å²) >= 11 is 7.56. The predicted molar refractivity (Wildman–Crippen MR) is 126 cm³/mol. The Morgan fingerprint density at radius 1 is 1.00 bits per heavy atom. The van der Waals surface area contributed by atoms with Gasteiger partial charge in [0.2, 0.25) is 5.91 Å². The molecule has 0 fully saturated rings. The Kier molecular flexibility index (Phi) is 7.71. The summed E-state index contributed by atoms with van der Waals surface area (Å²) in [5.74, 6) is -0.844. The average Bonchev–Trinajstić information content (AvgIpc) is 2.75. The third-order valence-corrected chi connectivity index (χ3v) is 6.34. The molecule has 1 atom stereocenters. The third-order valence-electron chi connectivity index (χ3n) is 4.58. The highest BCUT2D eigenvalue weighted by Crippen LogP contribution is 2.29. The molecule has 1 unspecified atom stereocenters. The molecule has 4 nitrogen and oxygen atoms in total. The van der Waals surface area contributed by atoms with Gasteiger partial charge >= 0.3 is 0 Å². The number of anilines is 2. The Morgan fingerprint density at radius 2 is 1.71 bits per heavy atom. The zero-order valence-electron chi connectivity index (χ0n) is 17.1. The van der Waals surface area contributed by atoms with Crippen LogP contribution in [-0.4, -0.2) is 17.1 Å². The van der Waals surface area contributed by atoms with Crippen LogP contribution in [0.2, 0.25) is 5.02 Å². The zero-order valence-corrected chi connectivity index (χ0v) is 18.7. The van der Waals surface area contributed by atoms with Gasteiger partial charge < -0.3 is 10.6 Å². The normalized spacial score (nSPS) is 11.6. The Morgan fingerprint density at radius 3 is 2.39 bits per heavy atom. The highest BCUT2D eigenvalue weighted by Gasteiger charge is 2.19. The zero-order chi connectivity index (χ0) is 22.4. The summed E-state index contributed by atoms with van der Waals surface area (Å²) in [4.78, 5) is 26.0. The lowest BCUT2D eigenvalue weighted by Gasteiger charge is -2.16. The van der Waals surface area contributed by atoms with E-state index in [1.54, 1.807) is 12.1 Å². The van der Waals surface area contributed by atoms with E-state index in [0.29, 0.717) is 28.4 Å². The van der Waals surface area contributed by atoms with Gasteiger partial charge in [-0.3, -0.25) is 9.59 Å². The first kappa shape index (κ1) is 22.8. The lowest BCUT2D eigenvalue weighted by molar-refractivity contribution is -0.115. The molecule has 31 heavy (non-hydrogen) atoms. The number of thioether (sulfide) groups is 1. The van der Waals surface area contributed by atoms with Crippen LogP contribution in [-0.2, 0) is 4.79 Å². The number of amides is 2. The van der Waals surface area contributed by atoms with Crippen LogP contribution in [0.4, 0.5) is 15.8 Å². The van der Waals surface area contributed by atoms with Crippen LogP contribution in [0.5, 0.6) is 0 Å². The molecule has 2 amide bonds. The summed E-state index contributed by atoms with van der Waals surface area (Å²) in [6.07, 6.45) is 0.627. The van der Waals surface area contributed by atoms with E-state index in [1.807, 2.05) is 44.2 Å². The number of nitrogens with one attached hydrogen (secondary N) is 2. The molecule has 0 radical (unpaired) electrons. The second-order valence-electron chi connectivity index (χ2n) is 6.96. The minimum Gasteiger partial charge on any atom is -0.325 e. The Hall–Kier alpha value is -2.83. The van der Waals surface area contributed by atoms with E-state index in [0.717, 1.165) is 10.5 Å². The van der Waals surface area contributed by atoms with Crippen LogP contribution in [0, 0.1) is 12.7 Å². The molecule has 0 aliphatic heterocycles. The molecule has 7 heteroatoms. The Bertz CT molecular complexity index is 1090. The smallest absolute Gasteiger partial charge is 0.255 e. The van der Waals surface area contributed by atoms with Gasteiger partial charge in [0.15, 0.2) is 0 Å². The fourth-order valence-corrected chi connectivity index (χ4v) is 4.03. The second-order valence-corrected chi connectivity index (χ2v) is 8.64. The van der Waals surface area contributed by atoms with Crippen molar-refractivity contribution in [1.82, 2.24) is 0 Å². The highest BCUT2D eigenvalue weighted by molar-refractivity contribution is 8.00. The predicted octanol–water partition coefficient (Wildman–Crippen LogP) is 6.55. The number of aryl methyl sites for hydroxylation is 1. The van der Waals surface area contributed by atoms with E-state index in [4.69, 9.17) is 11.6 Å². The minimum absolute atomic E-state index is 0.117. The number of carbonyl (C=O) groups excluding carboxylic acids is 2. The monoisotopic (exact) mass is 456 g/mol. The number of hydrogen-bond donors (Lipinski definition) is 2. The molecule has 0 bridgehead atoms. The third kappa shape index (κ3) is 6.32. The quantitative estimate of drug-likeness (QED) is 0.396. The molecule has 0 aromatic heterocycles. The molecule has 0 saturated carbocycles. The molecular formula is C24H22ClFN2O2S. The van der Waals surface area contributed by atoms with Crippen molar-refractivity contribution in [3.63, 3.8) is 0 Å². The fourth-order valence-electron chi connectivity index (χ4n) is 2.83. The molecule has 3 rings (SSSR count). The number of benzene rings is 3. The SMILES string of the molecule is CCC(Sc1cccc(NC(=O)c2ccc(F)cc2)c1)C(=O)Nc1ccc(C)c(Cl)c1. The van der Waals surface area contributed by atoms with Crippen LogP contribution in [0.3, 0.4) is 0 Å². The average molecular weight is 457 g/mol. The van der Waals surface area contributed by atoms with Crippen LogP contribution in [0.15, 0.2) is 71.6 Å². The van der Waals surface area contributed by atoms with Gasteiger partial charge in [0, 0.05) is 26.9 Å². The summed E-state index contributed by atoms with van der Waals surface area (Å²) in [6, 6.07) is 18.0. The lowest BCUT2D eigenvalue weighted by Crippen LogP contribution is -2.24. The molecule has 3 aromatic rings.